The van der Waals surface area contributed by atoms with Crippen LogP contribution in [0.25, 0.3) is 32.9 Å². The molecule has 6 nitrogen and oxygen atoms in total. The Hall–Kier alpha value is -3.03. The third-order valence-electron chi connectivity index (χ3n) is 6.86. The molecule has 2 atom stereocenters. The number of pyridine rings is 1. The molecule has 36 heavy (non-hydrogen) atoms. The Morgan fingerprint density at radius 1 is 1.06 bits per heavy atom. The predicted molar refractivity (Wildman–Crippen MR) is 145 cm³/mol. The fourth-order valence-electron chi connectivity index (χ4n) is 5.30. The molecule has 8 heteroatoms. The zero-order valence-corrected chi connectivity index (χ0v) is 21.6. The highest BCUT2D eigenvalue weighted by molar-refractivity contribution is 6.36. The highest BCUT2D eigenvalue weighted by Crippen LogP contribution is 2.37. The van der Waals surface area contributed by atoms with Gasteiger partial charge in [0, 0.05) is 47.3 Å². The number of fused-ring (bicyclic) bond motifs is 2. The number of aromatic nitrogens is 3. The Morgan fingerprint density at radius 2 is 1.75 bits per heavy atom. The zero-order chi connectivity index (χ0) is 25.2. The number of nitrogens with one attached hydrogen (secondary N) is 1. The third kappa shape index (κ3) is 4.58. The molecule has 3 heterocycles. The van der Waals surface area contributed by atoms with Gasteiger partial charge in [-0.25, -0.2) is 4.39 Å². The van der Waals surface area contributed by atoms with Crippen molar-refractivity contribution in [3.63, 3.8) is 0 Å². The van der Waals surface area contributed by atoms with Gasteiger partial charge < -0.3 is 15.0 Å². The quantitative estimate of drug-likeness (QED) is 0.312. The van der Waals surface area contributed by atoms with Gasteiger partial charge in [0.2, 0.25) is 0 Å². The molecule has 0 aliphatic carbocycles. The molecule has 188 valence electrons. The first-order valence-electron chi connectivity index (χ1n) is 12.6. The lowest BCUT2D eigenvalue weighted by molar-refractivity contribution is 0.337. The minimum atomic E-state index is -0.507. The number of piperazine rings is 1. The summed E-state index contributed by atoms with van der Waals surface area (Å²) in [6.45, 7) is 5.95. The second-order valence-corrected chi connectivity index (χ2v) is 9.81. The molecule has 0 bridgehead atoms. The van der Waals surface area contributed by atoms with Crippen LogP contribution in [0.3, 0.4) is 0 Å². The molecule has 0 amide bonds. The van der Waals surface area contributed by atoms with E-state index in [-0.39, 0.29) is 17.2 Å². The second kappa shape index (κ2) is 10.5. The number of methoxy groups -OCH3 is 1. The van der Waals surface area contributed by atoms with E-state index in [4.69, 9.17) is 16.3 Å². The summed E-state index contributed by atoms with van der Waals surface area (Å²) in [4.78, 5) is 15.9. The fourth-order valence-corrected chi connectivity index (χ4v) is 5.58. The topological polar surface area (TPSA) is 63.2 Å². The van der Waals surface area contributed by atoms with Gasteiger partial charge in [0.15, 0.2) is 5.82 Å². The van der Waals surface area contributed by atoms with Gasteiger partial charge in [-0.2, -0.15) is 9.97 Å². The van der Waals surface area contributed by atoms with E-state index in [0.717, 1.165) is 49.5 Å². The summed E-state index contributed by atoms with van der Waals surface area (Å²) in [5.74, 6) is 0.154. The second-order valence-electron chi connectivity index (χ2n) is 9.40. The summed E-state index contributed by atoms with van der Waals surface area (Å²) in [6, 6.07) is 12.1. The molecular formula is C28H31ClFN5O. The first kappa shape index (κ1) is 24.7. The SMILES string of the molecule is CCCC1CN(c2nc(OC)nc3c(F)c(-c4cccc5cccc(Cl)c45)ncc23)CC(CCC)N1. The van der Waals surface area contributed by atoms with E-state index in [1.54, 1.807) is 12.3 Å². The normalized spacial score (nSPS) is 18.2. The lowest BCUT2D eigenvalue weighted by Crippen LogP contribution is -2.56. The summed E-state index contributed by atoms with van der Waals surface area (Å²) >= 11 is 6.53. The number of rotatable bonds is 7. The molecule has 0 spiro atoms. The first-order valence-corrected chi connectivity index (χ1v) is 13.0. The Balaban J connectivity index is 1.66. The standard InChI is InChI=1S/C28H31ClFN5O/c1-4-8-18-15-35(16-19(32-18)9-5-2)27-21-14-31-25(24(30)26(21)33-28(34-27)36-3)20-12-6-10-17-11-7-13-22(29)23(17)20/h6-7,10-14,18-19,32H,4-5,8-9,15-16H2,1-3H3. The highest BCUT2D eigenvalue weighted by atomic mass is 35.5. The number of nitrogens with zero attached hydrogens (tertiary/aromatic N) is 4. The largest absolute Gasteiger partial charge is 0.467 e. The molecule has 2 aromatic carbocycles. The van der Waals surface area contributed by atoms with Crippen LogP contribution in [-0.2, 0) is 0 Å². The van der Waals surface area contributed by atoms with E-state index < -0.39 is 5.82 Å². The minimum absolute atomic E-state index is 0.141. The monoisotopic (exact) mass is 507 g/mol. The fraction of sp³-hybridized carbons (Fsp3) is 0.393. The molecule has 1 fully saturated rings. The van der Waals surface area contributed by atoms with Gasteiger partial charge in [0.1, 0.15) is 17.0 Å². The molecule has 1 N–H and O–H groups in total. The maximum atomic E-state index is 16.2. The van der Waals surface area contributed by atoms with Crippen LogP contribution in [0.2, 0.25) is 5.02 Å². The van der Waals surface area contributed by atoms with E-state index >= 15 is 4.39 Å². The number of benzene rings is 2. The average molecular weight is 508 g/mol. The average Bonchev–Trinajstić information content (AvgIpc) is 2.88. The van der Waals surface area contributed by atoms with Crippen LogP contribution in [-0.4, -0.2) is 47.2 Å². The third-order valence-corrected chi connectivity index (χ3v) is 7.18. The molecule has 4 aromatic rings. The summed E-state index contributed by atoms with van der Waals surface area (Å²) < 4.78 is 21.6. The van der Waals surface area contributed by atoms with Crippen LogP contribution in [0.1, 0.15) is 39.5 Å². The van der Waals surface area contributed by atoms with E-state index in [1.165, 1.54) is 7.11 Å². The van der Waals surface area contributed by atoms with Crippen LogP contribution in [0.4, 0.5) is 10.2 Å². The van der Waals surface area contributed by atoms with Crippen LogP contribution in [0.5, 0.6) is 6.01 Å². The number of anilines is 1. The molecule has 5 rings (SSSR count). The van der Waals surface area contributed by atoms with Crippen LogP contribution < -0.4 is 15.0 Å². The van der Waals surface area contributed by atoms with E-state index in [9.17, 15) is 0 Å². The van der Waals surface area contributed by atoms with Gasteiger partial charge >= 0.3 is 6.01 Å². The van der Waals surface area contributed by atoms with Gasteiger partial charge in [0.25, 0.3) is 0 Å². The lowest BCUT2D eigenvalue weighted by atomic mass is 10.0. The van der Waals surface area contributed by atoms with E-state index in [0.29, 0.717) is 33.9 Å². The van der Waals surface area contributed by atoms with Gasteiger partial charge in [0.05, 0.1) is 12.5 Å². The van der Waals surface area contributed by atoms with Gasteiger partial charge in [-0.05, 0) is 24.3 Å². The molecule has 2 unspecified atom stereocenters. The van der Waals surface area contributed by atoms with Crippen molar-refractivity contribution in [2.45, 2.75) is 51.6 Å². The van der Waals surface area contributed by atoms with Crippen molar-refractivity contribution in [3.8, 4) is 17.3 Å². The minimum Gasteiger partial charge on any atom is -0.467 e. The first-order chi connectivity index (χ1) is 17.5. The van der Waals surface area contributed by atoms with Gasteiger partial charge in [-0.15, -0.1) is 0 Å². The predicted octanol–water partition coefficient (Wildman–Crippen LogP) is 6.39. The van der Waals surface area contributed by atoms with Crippen molar-refractivity contribution < 1.29 is 9.13 Å². The molecule has 0 radical (unpaired) electrons. The van der Waals surface area contributed by atoms with Crippen LogP contribution in [0, 0.1) is 5.82 Å². The zero-order valence-electron chi connectivity index (χ0n) is 20.9. The van der Waals surface area contributed by atoms with Crippen molar-refractivity contribution in [2.75, 3.05) is 25.1 Å². The Kier molecular flexibility index (Phi) is 7.21. The van der Waals surface area contributed by atoms with Crippen molar-refractivity contribution in [1.82, 2.24) is 20.3 Å². The summed E-state index contributed by atoms with van der Waals surface area (Å²) in [5, 5.41) is 6.60. The molecule has 0 saturated carbocycles. The molecule has 1 aliphatic rings. The lowest BCUT2D eigenvalue weighted by Gasteiger charge is -2.40. The van der Waals surface area contributed by atoms with Gasteiger partial charge in [-0.1, -0.05) is 68.6 Å². The maximum Gasteiger partial charge on any atom is 0.318 e. The highest BCUT2D eigenvalue weighted by Gasteiger charge is 2.29. The summed E-state index contributed by atoms with van der Waals surface area (Å²) in [5.41, 5.74) is 1.04. The number of hydrogen-bond donors (Lipinski definition) is 1. The number of ether oxygens (including phenoxy) is 1. The van der Waals surface area contributed by atoms with E-state index in [2.05, 4.69) is 39.0 Å². The Labute approximate surface area is 215 Å². The summed E-state index contributed by atoms with van der Waals surface area (Å²) in [7, 11) is 1.51. The van der Waals surface area contributed by atoms with Crippen molar-refractivity contribution in [2.24, 2.45) is 0 Å². The molecule has 2 aromatic heterocycles. The Morgan fingerprint density at radius 3 is 2.42 bits per heavy atom. The van der Waals surface area contributed by atoms with Crippen LogP contribution in [0.15, 0.2) is 42.6 Å². The van der Waals surface area contributed by atoms with E-state index in [1.807, 2.05) is 30.3 Å². The van der Waals surface area contributed by atoms with Crippen LogP contribution >= 0.6 is 11.6 Å². The summed E-state index contributed by atoms with van der Waals surface area (Å²) in [6.07, 6.45) is 5.99. The maximum absolute atomic E-state index is 16.2. The van der Waals surface area contributed by atoms with Crippen molar-refractivity contribution >= 4 is 39.1 Å². The molecular weight excluding hydrogens is 477 g/mol. The number of hydrogen-bond acceptors (Lipinski definition) is 6. The smallest absolute Gasteiger partial charge is 0.318 e. The Bertz CT molecular complexity index is 1380. The number of halogens is 2. The van der Waals surface area contributed by atoms with Crippen molar-refractivity contribution in [1.29, 1.82) is 0 Å². The van der Waals surface area contributed by atoms with Crippen molar-refractivity contribution in [3.05, 3.63) is 53.4 Å². The molecule has 1 aliphatic heterocycles. The van der Waals surface area contributed by atoms with Gasteiger partial charge in [-0.3, -0.25) is 4.98 Å². The molecule has 1 saturated heterocycles.